The third-order valence-corrected chi connectivity index (χ3v) is 3.38. The fourth-order valence-electron chi connectivity index (χ4n) is 1.11. The van der Waals surface area contributed by atoms with Crippen LogP contribution < -0.4 is 5.73 Å². The van der Waals surface area contributed by atoms with E-state index >= 15 is 0 Å². The van der Waals surface area contributed by atoms with Gasteiger partial charge in [-0.1, -0.05) is 0 Å². The molecule has 0 spiro atoms. The van der Waals surface area contributed by atoms with E-state index in [0.717, 1.165) is 10.4 Å². The first-order chi connectivity index (χ1) is 6.57. The van der Waals surface area contributed by atoms with Crippen LogP contribution in [0.3, 0.4) is 0 Å². The van der Waals surface area contributed by atoms with Gasteiger partial charge in [0.1, 0.15) is 0 Å². The molecule has 0 bridgehead atoms. The van der Waals surface area contributed by atoms with Gasteiger partial charge in [0.15, 0.2) is 0 Å². The molecule has 1 rings (SSSR count). The van der Waals surface area contributed by atoms with E-state index in [-0.39, 0.29) is 11.9 Å². The molecule has 0 fully saturated rings. The van der Waals surface area contributed by atoms with Crippen molar-refractivity contribution in [1.29, 1.82) is 0 Å². The predicted octanol–water partition coefficient (Wildman–Crippen LogP) is 1.48. The van der Waals surface area contributed by atoms with E-state index in [1.54, 1.807) is 11.9 Å². The van der Waals surface area contributed by atoms with Crippen LogP contribution in [0, 0.1) is 6.92 Å². The molecule has 1 aromatic heterocycles. The molecule has 0 saturated carbocycles. The van der Waals surface area contributed by atoms with Gasteiger partial charge in [-0.15, -0.1) is 11.3 Å². The lowest BCUT2D eigenvalue weighted by molar-refractivity contribution is 0.0752. The van der Waals surface area contributed by atoms with Crippen LogP contribution in [0.1, 0.15) is 22.2 Å². The number of nitrogens with zero attached hydrogens (tertiary/aromatic N) is 1. The summed E-state index contributed by atoms with van der Waals surface area (Å²) in [6.45, 7) is 4.39. The lowest BCUT2D eigenvalue weighted by Gasteiger charge is -2.23. The molecule has 78 valence electrons. The molecule has 0 radical (unpaired) electrons. The number of rotatable bonds is 3. The minimum Gasteiger partial charge on any atom is -0.337 e. The Kier molecular flexibility index (Phi) is 3.66. The highest BCUT2D eigenvalue weighted by Crippen LogP contribution is 2.18. The summed E-state index contributed by atoms with van der Waals surface area (Å²) < 4.78 is 0. The summed E-state index contributed by atoms with van der Waals surface area (Å²) >= 11 is 1.48. The van der Waals surface area contributed by atoms with Crippen LogP contribution in [-0.4, -0.2) is 30.4 Å². The molecule has 0 aliphatic rings. The number of thiophene rings is 1. The number of aryl methyl sites for hydroxylation is 1. The van der Waals surface area contributed by atoms with E-state index in [1.807, 2.05) is 25.3 Å². The molecule has 14 heavy (non-hydrogen) atoms. The maximum Gasteiger partial charge on any atom is 0.264 e. The Bertz CT molecular complexity index is 322. The van der Waals surface area contributed by atoms with Crippen molar-refractivity contribution < 1.29 is 4.79 Å². The van der Waals surface area contributed by atoms with Gasteiger partial charge in [0.2, 0.25) is 0 Å². The highest BCUT2D eigenvalue weighted by Gasteiger charge is 2.18. The maximum atomic E-state index is 11.9. The lowest BCUT2D eigenvalue weighted by Crippen LogP contribution is -2.39. The van der Waals surface area contributed by atoms with Gasteiger partial charge in [-0.25, -0.2) is 0 Å². The molecule has 0 aliphatic carbocycles. The van der Waals surface area contributed by atoms with Gasteiger partial charge in [-0.05, 0) is 30.9 Å². The van der Waals surface area contributed by atoms with Gasteiger partial charge in [0.25, 0.3) is 5.91 Å². The molecule has 1 heterocycles. The van der Waals surface area contributed by atoms with Gasteiger partial charge in [0.05, 0.1) is 4.88 Å². The third kappa shape index (κ3) is 2.13. The molecule has 4 heteroatoms. The topological polar surface area (TPSA) is 46.3 Å². The summed E-state index contributed by atoms with van der Waals surface area (Å²) in [7, 11) is 1.79. The van der Waals surface area contributed by atoms with E-state index in [1.165, 1.54) is 11.3 Å². The van der Waals surface area contributed by atoms with Crippen LogP contribution in [0.5, 0.6) is 0 Å². The lowest BCUT2D eigenvalue weighted by atomic mass is 10.2. The Morgan fingerprint density at radius 1 is 1.71 bits per heavy atom. The molecule has 1 amide bonds. The van der Waals surface area contributed by atoms with Gasteiger partial charge in [0, 0.05) is 19.6 Å². The van der Waals surface area contributed by atoms with Crippen molar-refractivity contribution >= 4 is 17.2 Å². The van der Waals surface area contributed by atoms with Crippen LogP contribution in [-0.2, 0) is 0 Å². The smallest absolute Gasteiger partial charge is 0.264 e. The first-order valence-corrected chi connectivity index (χ1v) is 5.47. The molecule has 1 aromatic rings. The highest BCUT2D eigenvalue weighted by molar-refractivity contribution is 7.12. The van der Waals surface area contributed by atoms with Gasteiger partial charge in [-0.2, -0.15) is 0 Å². The second kappa shape index (κ2) is 4.57. The molecular formula is C10H16N2OS. The highest BCUT2D eigenvalue weighted by atomic mass is 32.1. The molecule has 0 aromatic carbocycles. The summed E-state index contributed by atoms with van der Waals surface area (Å²) in [5.74, 6) is 0.0652. The monoisotopic (exact) mass is 212 g/mol. The molecular weight excluding hydrogens is 196 g/mol. The number of likely N-dealkylation sites (N-methyl/N-ethyl adjacent to an activating group) is 1. The maximum absolute atomic E-state index is 11.9. The summed E-state index contributed by atoms with van der Waals surface area (Å²) in [4.78, 5) is 14.4. The van der Waals surface area contributed by atoms with Crippen molar-refractivity contribution in [2.24, 2.45) is 5.73 Å². The van der Waals surface area contributed by atoms with Crippen molar-refractivity contribution in [2.75, 3.05) is 13.6 Å². The number of carbonyl (C=O) groups excluding carboxylic acids is 1. The van der Waals surface area contributed by atoms with Crippen molar-refractivity contribution in [3.05, 3.63) is 21.9 Å². The number of nitrogens with two attached hydrogens (primary N) is 1. The fourth-order valence-corrected chi connectivity index (χ4v) is 2.02. The Morgan fingerprint density at radius 3 is 2.79 bits per heavy atom. The zero-order chi connectivity index (χ0) is 10.7. The summed E-state index contributed by atoms with van der Waals surface area (Å²) in [5.41, 5.74) is 6.55. The first kappa shape index (κ1) is 11.2. The molecule has 2 N–H and O–H groups in total. The number of hydrogen-bond acceptors (Lipinski definition) is 3. The second-order valence-corrected chi connectivity index (χ2v) is 4.35. The number of amides is 1. The first-order valence-electron chi connectivity index (χ1n) is 4.59. The number of carbonyl (C=O) groups is 1. The Morgan fingerprint density at radius 2 is 2.36 bits per heavy atom. The second-order valence-electron chi connectivity index (χ2n) is 3.43. The molecule has 0 aliphatic heterocycles. The molecule has 0 saturated heterocycles. The largest absolute Gasteiger partial charge is 0.337 e. The normalized spacial score (nSPS) is 12.6. The van der Waals surface area contributed by atoms with Crippen LogP contribution in [0.2, 0.25) is 0 Å². The number of hydrogen-bond donors (Lipinski definition) is 1. The minimum atomic E-state index is 0.0652. The average Bonchev–Trinajstić information content (AvgIpc) is 2.61. The zero-order valence-electron chi connectivity index (χ0n) is 8.78. The average molecular weight is 212 g/mol. The standard InChI is InChI=1S/C10H16N2OS/c1-7-4-5-14-9(7)10(13)12(3)8(2)6-11/h4-5,8H,6,11H2,1-3H3. The quantitative estimate of drug-likeness (QED) is 0.825. The molecule has 1 unspecified atom stereocenters. The van der Waals surface area contributed by atoms with Crippen molar-refractivity contribution in [1.82, 2.24) is 4.90 Å². The van der Waals surface area contributed by atoms with E-state index in [0.29, 0.717) is 6.54 Å². The Labute approximate surface area is 88.5 Å². The predicted molar refractivity (Wildman–Crippen MR) is 59.7 cm³/mol. The van der Waals surface area contributed by atoms with Crippen molar-refractivity contribution in [3.63, 3.8) is 0 Å². The summed E-state index contributed by atoms with van der Waals surface area (Å²) in [6.07, 6.45) is 0. The van der Waals surface area contributed by atoms with Crippen molar-refractivity contribution in [3.8, 4) is 0 Å². The zero-order valence-corrected chi connectivity index (χ0v) is 9.60. The van der Waals surface area contributed by atoms with Crippen LogP contribution in [0.4, 0.5) is 0 Å². The Balaban J connectivity index is 2.81. The summed E-state index contributed by atoms with van der Waals surface area (Å²) in [6, 6.07) is 2.04. The molecule has 3 nitrogen and oxygen atoms in total. The SMILES string of the molecule is Cc1ccsc1C(=O)N(C)C(C)CN. The van der Waals surface area contributed by atoms with Gasteiger partial charge in [-0.3, -0.25) is 4.79 Å². The molecule has 1 atom stereocenters. The minimum absolute atomic E-state index is 0.0652. The van der Waals surface area contributed by atoms with E-state index in [2.05, 4.69) is 0 Å². The Hall–Kier alpha value is -0.870. The van der Waals surface area contributed by atoms with Crippen LogP contribution in [0.15, 0.2) is 11.4 Å². The van der Waals surface area contributed by atoms with Gasteiger partial charge < -0.3 is 10.6 Å². The summed E-state index contributed by atoms with van der Waals surface area (Å²) in [5, 5.41) is 1.93. The van der Waals surface area contributed by atoms with Crippen LogP contribution in [0.25, 0.3) is 0 Å². The fraction of sp³-hybridized carbons (Fsp3) is 0.500. The van der Waals surface area contributed by atoms with Crippen molar-refractivity contribution in [2.45, 2.75) is 19.9 Å². The van der Waals surface area contributed by atoms with Crippen LogP contribution >= 0.6 is 11.3 Å². The third-order valence-electron chi connectivity index (χ3n) is 2.38. The van der Waals surface area contributed by atoms with E-state index in [9.17, 15) is 4.79 Å². The van der Waals surface area contributed by atoms with E-state index in [4.69, 9.17) is 5.73 Å². The van der Waals surface area contributed by atoms with Gasteiger partial charge >= 0.3 is 0 Å². The van der Waals surface area contributed by atoms with E-state index < -0.39 is 0 Å².